The second-order valence-corrected chi connectivity index (χ2v) is 5.35. The Bertz CT molecular complexity index is 541. The van der Waals surface area contributed by atoms with Crippen molar-refractivity contribution in [1.82, 2.24) is 4.90 Å². The van der Waals surface area contributed by atoms with Crippen LogP contribution in [0, 0.1) is 11.7 Å². The fourth-order valence-electron chi connectivity index (χ4n) is 2.46. The Kier molecular flexibility index (Phi) is 5.53. The van der Waals surface area contributed by atoms with Gasteiger partial charge in [0, 0.05) is 12.1 Å². The predicted molar refractivity (Wildman–Crippen MR) is 80.2 cm³/mol. The van der Waals surface area contributed by atoms with E-state index < -0.39 is 6.10 Å². The van der Waals surface area contributed by atoms with Gasteiger partial charge in [-0.3, -0.25) is 4.90 Å². The molecule has 1 aromatic heterocycles. The Labute approximate surface area is 125 Å². The van der Waals surface area contributed by atoms with E-state index in [1.165, 1.54) is 6.07 Å². The van der Waals surface area contributed by atoms with E-state index in [4.69, 9.17) is 4.42 Å². The first-order chi connectivity index (χ1) is 10.1. The van der Waals surface area contributed by atoms with Crippen LogP contribution in [0.3, 0.4) is 0 Å². The minimum absolute atomic E-state index is 0.0724. The van der Waals surface area contributed by atoms with E-state index in [-0.39, 0.29) is 11.7 Å². The molecule has 2 rings (SSSR count). The molecule has 0 aliphatic carbocycles. The molecule has 2 atom stereocenters. The van der Waals surface area contributed by atoms with E-state index in [0.717, 1.165) is 12.3 Å². The van der Waals surface area contributed by atoms with Crippen molar-refractivity contribution in [2.24, 2.45) is 5.92 Å². The monoisotopic (exact) mass is 291 g/mol. The third kappa shape index (κ3) is 4.16. The van der Waals surface area contributed by atoms with Gasteiger partial charge in [0.05, 0.1) is 18.9 Å². The molecule has 1 aromatic carbocycles. The van der Waals surface area contributed by atoms with Crippen molar-refractivity contribution in [2.75, 3.05) is 13.1 Å². The van der Waals surface area contributed by atoms with Gasteiger partial charge in [0.25, 0.3) is 0 Å². The third-order valence-corrected chi connectivity index (χ3v) is 3.72. The van der Waals surface area contributed by atoms with Crippen LogP contribution in [0.15, 0.2) is 47.1 Å². The van der Waals surface area contributed by atoms with Crippen LogP contribution >= 0.6 is 0 Å². The summed E-state index contributed by atoms with van der Waals surface area (Å²) in [4.78, 5) is 2.17. The first kappa shape index (κ1) is 15.7. The van der Waals surface area contributed by atoms with E-state index in [2.05, 4.69) is 11.8 Å². The van der Waals surface area contributed by atoms with Gasteiger partial charge in [-0.05, 0) is 30.7 Å². The highest BCUT2D eigenvalue weighted by atomic mass is 19.1. The molecule has 0 bridgehead atoms. The van der Waals surface area contributed by atoms with Crippen LogP contribution in [0.5, 0.6) is 0 Å². The fourth-order valence-corrected chi connectivity index (χ4v) is 2.46. The van der Waals surface area contributed by atoms with Crippen molar-refractivity contribution in [3.8, 4) is 0 Å². The number of halogens is 1. The second kappa shape index (κ2) is 7.38. The largest absolute Gasteiger partial charge is 0.468 e. The van der Waals surface area contributed by atoms with Crippen molar-refractivity contribution >= 4 is 0 Å². The average molecular weight is 291 g/mol. The number of rotatable bonds is 7. The predicted octanol–water partition coefficient (Wildman–Crippen LogP) is 3.61. The molecule has 0 aliphatic heterocycles. The van der Waals surface area contributed by atoms with Gasteiger partial charge in [-0.15, -0.1) is 0 Å². The molecule has 0 aliphatic rings. The standard InChI is InChI=1S/C17H22FNO2/c1-3-19(12-14-7-6-10-21-14)11-13(2)17(20)15-8-4-5-9-16(15)18/h4-10,13,17,20H,3,11-12H2,1-2H3. The molecule has 3 nitrogen and oxygen atoms in total. The van der Waals surface area contributed by atoms with Gasteiger partial charge in [-0.2, -0.15) is 0 Å². The lowest BCUT2D eigenvalue weighted by Gasteiger charge is -2.27. The normalized spacial score (nSPS) is 14.3. The van der Waals surface area contributed by atoms with Crippen LogP contribution < -0.4 is 0 Å². The Balaban J connectivity index is 1.98. The van der Waals surface area contributed by atoms with Crippen LogP contribution in [0.1, 0.15) is 31.3 Å². The van der Waals surface area contributed by atoms with Crippen molar-refractivity contribution < 1.29 is 13.9 Å². The van der Waals surface area contributed by atoms with Gasteiger partial charge in [0.2, 0.25) is 0 Å². The molecular weight excluding hydrogens is 269 g/mol. The van der Waals surface area contributed by atoms with Gasteiger partial charge in [-0.25, -0.2) is 4.39 Å². The zero-order chi connectivity index (χ0) is 15.2. The smallest absolute Gasteiger partial charge is 0.129 e. The van der Waals surface area contributed by atoms with Crippen LogP contribution in [-0.2, 0) is 6.54 Å². The summed E-state index contributed by atoms with van der Waals surface area (Å²) in [6, 6.07) is 10.2. The molecular formula is C17H22FNO2. The maximum atomic E-state index is 13.7. The average Bonchev–Trinajstić information content (AvgIpc) is 2.99. The lowest BCUT2D eigenvalue weighted by molar-refractivity contribution is 0.0826. The highest BCUT2D eigenvalue weighted by molar-refractivity contribution is 5.20. The number of aliphatic hydroxyl groups excluding tert-OH is 1. The lowest BCUT2D eigenvalue weighted by atomic mass is 9.96. The summed E-state index contributed by atoms with van der Waals surface area (Å²) in [6.45, 7) is 6.20. The molecule has 114 valence electrons. The Morgan fingerprint density at radius 2 is 2.00 bits per heavy atom. The number of furan rings is 1. The van der Waals surface area contributed by atoms with Crippen LogP contribution in [-0.4, -0.2) is 23.1 Å². The van der Waals surface area contributed by atoms with Crippen molar-refractivity contribution in [3.63, 3.8) is 0 Å². The number of hydrogen-bond donors (Lipinski definition) is 1. The van der Waals surface area contributed by atoms with Crippen molar-refractivity contribution in [3.05, 3.63) is 59.8 Å². The molecule has 1 N–H and O–H groups in total. The quantitative estimate of drug-likeness (QED) is 0.846. The summed E-state index contributed by atoms with van der Waals surface area (Å²) in [5.74, 6) is 0.465. The Morgan fingerprint density at radius 1 is 1.24 bits per heavy atom. The third-order valence-electron chi connectivity index (χ3n) is 3.72. The van der Waals surface area contributed by atoms with Crippen LogP contribution in [0.2, 0.25) is 0 Å². The Morgan fingerprint density at radius 3 is 2.62 bits per heavy atom. The zero-order valence-corrected chi connectivity index (χ0v) is 12.5. The van der Waals surface area contributed by atoms with E-state index in [9.17, 15) is 9.50 Å². The SMILES string of the molecule is CCN(Cc1ccco1)CC(C)C(O)c1ccccc1F. The molecule has 21 heavy (non-hydrogen) atoms. The number of aliphatic hydroxyl groups is 1. The van der Waals surface area contributed by atoms with Gasteiger partial charge in [0.1, 0.15) is 11.6 Å². The summed E-state index contributed by atoms with van der Waals surface area (Å²) < 4.78 is 19.1. The second-order valence-electron chi connectivity index (χ2n) is 5.35. The topological polar surface area (TPSA) is 36.6 Å². The molecule has 0 radical (unpaired) electrons. The van der Waals surface area contributed by atoms with Crippen molar-refractivity contribution in [1.29, 1.82) is 0 Å². The molecule has 1 heterocycles. The van der Waals surface area contributed by atoms with Gasteiger partial charge < -0.3 is 9.52 Å². The summed E-state index contributed by atoms with van der Waals surface area (Å²) in [7, 11) is 0. The van der Waals surface area contributed by atoms with Crippen molar-refractivity contribution in [2.45, 2.75) is 26.5 Å². The van der Waals surface area contributed by atoms with Gasteiger partial charge >= 0.3 is 0 Å². The van der Waals surface area contributed by atoms with Crippen LogP contribution in [0.25, 0.3) is 0 Å². The zero-order valence-electron chi connectivity index (χ0n) is 12.5. The van der Waals surface area contributed by atoms with Crippen LogP contribution in [0.4, 0.5) is 4.39 Å². The molecule has 0 spiro atoms. The van der Waals surface area contributed by atoms with E-state index in [0.29, 0.717) is 18.7 Å². The fraction of sp³-hybridized carbons (Fsp3) is 0.412. The molecule has 4 heteroatoms. The lowest BCUT2D eigenvalue weighted by Crippen LogP contribution is -2.30. The van der Waals surface area contributed by atoms with E-state index in [1.807, 2.05) is 19.1 Å². The maximum Gasteiger partial charge on any atom is 0.129 e. The van der Waals surface area contributed by atoms with Gasteiger partial charge in [0.15, 0.2) is 0 Å². The molecule has 2 aromatic rings. The Hall–Kier alpha value is -1.65. The van der Waals surface area contributed by atoms with E-state index in [1.54, 1.807) is 24.5 Å². The minimum Gasteiger partial charge on any atom is -0.468 e. The number of benzene rings is 1. The summed E-state index contributed by atoms with van der Waals surface area (Å²) >= 11 is 0. The maximum absolute atomic E-state index is 13.7. The molecule has 0 saturated heterocycles. The highest BCUT2D eigenvalue weighted by Crippen LogP contribution is 2.25. The molecule has 0 amide bonds. The number of hydrogen-bond acceptors (Lipinski definition) is 3. The summed E-state index contributed by atoms with van der Waals surface area (Å²) in [6.07, 6.45) is 0.845. The first-order valence-corrected chi connectivity index (χ1v) is 7.29. The van der Waals surface area contributed by atoms with Gasteiger partial charge in [-0.1, -0.05) is 32.0 Å². The number of nitrogens with zero attached hydrogens (tertiary/aromatic N) is 1. The molecule has 0 fully saturated rings. The summed E-state index contributed by atoms with van der Waals surface area (Å²) in [5.41, 5.74) is 0.360. The summed E-state index contributed by atoms with van der Waals surface area (Å²) in [5, 5.41) is 10.4. The highest BCUT2D eigenvalue weighted by Gasteiger charge is 2.21. The molecule has 0 saturated carbocycles. The minimum atomic E-state index is -0.808. The first-order valence-electron chi connectivity index (χ1n) is 7.29. The van der Waals surface area contributed by atoms with E-state index >= 15 is 0 Å². The molecule has 2 unspecified atom stereocenters.